The number of nitrogens with two attached hydrogens (primary N) is 1. The van der Waals surface area contributed by atoms with Gasteiger partial charge >= 0.3 is 0 Å². The van der Waals surface area contributed by atoms with Gasteiger partial charge in [-0.15, -0.1) is 0 Å². The fourth-order valence-electron chi connectivity index (χ4n) is 0.683. The lowest BCUT2D eigenvalue weighted by Crippen LogP contribution is -2.41. The van der Waals surface area contributed by atoms with Gasteiger partial charge in [-0.2, -0.15) is 0 Å². The van der Waals surface area contributed by atoms with E-state index in [0.717, 1.165) is 6.29 Å². The van der Waals surface area contributed by atoms with Crippen LogP contribution in [0.2, 0.25) is 0 Å². The Kier molecular flexibility index (Phi) is 4.23. The summed E-state index contributed by atoms with van der Waals surface area (Å²) in [4.78, 5) is 10.3. The summed E-state index contributed by atoms with van der Waals surface area (Å²) in [5.74, 6) is 0.273. The zero-order valence-corrected chi connectivity index (χ0v) is 6.70. The Morgan fingerprint density at radius 3 is 2.10 bits per heavy atom. The number of methoxy groups -OCH3 is 1. The Labute approximate surface area is 61.5 Å². The fourth-order valence-corrected chi connectivity index (χ4v) is 0.683. The van der Waals surface area contributed by atoms with Crippen molar-refractivity contribution in [1.29, 1.82) is 0 Å². The van der Waals surface area contributed by atoms with Crippen molar-refractivity contribution in [2.75, 3.05) is 7.11 Å². The van der Waals surface area contributed by atoms with Crippen molar-refractivity contribution in [2.24, 2.45) is 11.7 Å². The molecule has 0 radical (unpaired) electrons. The first-order valence-corrected chi connectivity index (χ1v) is 3.37. The van der Waals surface area contributed by atoms with Gasteiger partial charge in [-0.25, -0.2) is 0 Å². The second kappa shape index (κ2) is 4.41. The van der Waals surface area contributed by atoms with Gasteiger partial charge in [0.15, 0.2) is 0 Å². The van der Waals surface area contributed by atoms with Crippen LogP contribution in [0.3, 0.4) is 0 Å². The number of carbonyl (C=O) groups excluding carboxylic acids is 1. The lowest BCUT2D eigenvalue weighted by molar-refractivity contribution is -0.118. The molecule has 3 nitrogen and oxygen atoms in total. The van der Waals surface area contributed by atoms with E-state index < -0.39 is 6.10 Å². The highest BCUT2D eigenvalue weighted by atomic mass is 16.5. The zero-order chi connectivity index (χ0) is 8.15. The Hall–Kier alpha value is -0.410. The first-order chi connectivity index (χ1) is 4.63. The van der Waals surface area contributed by atoms with Crippen molar-refractivity contribution in [1.82, 2.24) is 0 Å². The highest BCUT2D eigenvalue weighted by Gasteiger charge is 2.18. The summed E-state index contributed by atoms with van der Waals surface area (Å²) in [7, 11) is 1.49. The molecule has 2 atom stereocenters. The third-order valence-electron chi connectivity index (χ3n) is 1.56. The van der Waals surface area contributed by atoms with E-state index in [1.54, 1.807) is 0 Å². The molecule has 0 bridgehead atoms. The summed E-state index contributed by atoms with van der Waals surface area (Å²) in [6.07, 6.45) is 0.282. The number of aldehydes is 1. The van der Waals surface area contributed by atoms with Crippen LogP contribution in [-0.2, 0) is 9.53 Å². The van der Waals surface area contributed by atoms with Crippen LogP contribution in [0.15, 0.2) is 0 Å². The molecular formula is C7H15NO2. The molecule has 0 aromatic heterocycles. The average molecular weight is 145 g/mol. The molecule has 0 heterocycles. The minimum Gasteiger partial charge on any atom is -0.372 e. The highest BCUT2D eigenvalue weighted by Crippen LogP contribution is 2.03. The predicted molar refractivity (Wildman–Crippen MR) is 39.7 cm³/mol. The van der Waals surface area contributed by atoms with E-state index in [-0.39, 0.29) is 12.0 Å². The molecule has 0 saturated heterocycles. The molecule has 0 rings (SSSR count). The van der Waals surface area contributed by atoms with Gasteiger partial charge in [0, 0.05) is 13.2 Å². The Bertz CT molecular complexity index is 104. The maximum absolute atomic E-state index is 10.3. The van der Waals surface area contributed by atoms with Gasteiger partial charge in [-0.05, 0) is 5.92 Å². The molecule has 0 fully saturated rings. The number of hydrogen-bond acceptors (Lipinski definition) is 3. The van der Waals surface area contributed by atoms with Crippen molar-refractivity contribution in [2.45, 2.75) is 26.0 Å². The van der Waals surface area contributed by atoms with Gasteiger partial charge < -0.3 is 15.3 Å². The SMILES string of the molecule is COC(C=O)[C@@H](N)C(C)C. The van der Waals surface area contributed by atoms with E-state index in [1.165, 1.54) is 7.11 Å². The molecule has 0 aliphatic heterocycles. The van der Waals surface area contributed by atoms with Gasteiger partial charge in [-0.1, -0.05) is 13.8 Å². The van der Waals surface area contributed by atoms with Crippen molar-refractivity contribution in [3.8, 4) is 0 Å². The summed E-state index contributed by atoms with van der Waals surface area (Å²) in [6.45, 7) is 3.92. The van der Waals surface area contributed by atoms with Gasteiger partial charge in [0.05, 0.1) is 0 Å². The highest BCUT2D eigenvalue weighted by molar-refractivity contribution is 5.57. The molecule has 0 aliphatic carbocycles. The van der Waals surface area contributed by atoms with E-state index in [1.807, 2.05) is 13.8 Å². The molecule has 0 aromatic rings. The average Bonchev–Trinajstić information content (AvgIpc) is 1.90. The molecule has 0 amide bonds. The largest absolute Gasteiger partial charge is 0.372 e. The van der Waals surface area contributed by atoms with Crippen molar-refractivity contribution < 1.29 is 9.53 Å². The second-order valence-corrected chi connectivity index (χ2v) is 2.66. The van der Waals surface area contributed by atoms with Crippen LogP contribution in [0.4, 0.5) is 0 Å². The van der Waals surface area contributed by atoms with Gasteiger partial charge in [0.25, 0.3) is 0 Å². The molecule has 10 heavy (non-hydrogen) atoms. The van der Waals surface area contributed by atoms with Gasteiger partial charge in [0.2, 0.25) is 0 Å². The van der Waals surface area contributed by atoms with Crippen LogP contribution in [0.1, 0.15) is 13.8 Å². The molecule has 3 heteroatoms. The lowest BCUT2D eigenvalue weighted by Gasteiger charge is -2.20. The Balaban J connectivity index is 3.87. The van der Waals surface area contributed by atoms with E-state index in [0.29, 0.717) is 0 Å². The van der Waals surface area contributed by atoms with E-state index in [4.69, 9.17) is 10.5 Å². The quantitative estimate of drug-likeness (QED) is 0.574. The van der Waals surface area contributed by atoms with Crippen molar-refractivity contribution in [3.63, 3.8) is 0 Å². The summed E-state index contributed by atoms with van der Waals surface area (Å²) in [6, 6.07) is -0.192. The van der Waals surface area contributed by atoms with E-state index >= 15 is 0 Å². The van der Waals surface area contributed by atoms with Gasteiger partial charge in [-0.3, -0.25) is 0 Å². The summed E-state index contributed by atoms with van der Waals surface area (Å²) in [5.41, 5.74) is 5.63. The first-order valence-electron chi connectivity index (χ1n) is 3.37. The first kappa shape index (κ1) is 9.59. The summed E-state index contributed by atoms with van der Waals surface area (Å²) >= 11 is 0. The molecule has 0 spiro atoms. The van der Waals surface area contributed by atoms with Crippen LogP contribution in [0.5, 0.6) is 0 Å². The number of ether oxygens (including phenoxy) is 1. The third-order valence-corrected chi connectivity index (χ3v) is 1.56. The second-order valence-electron chi connectivity index (χ2n) is 2.66. The summed E-state index contributed by atoms with van der Waals surface area (Å²) in [5, 5.41) is 0. The summed E-state index contributed by atoms with van der Waals surface area (Å²) < 4.78 is 4.83. The van der Waals surface area contributed by atoms with Crippen LogP contribution < -0.4 is 5.73 Å². The van der Waals surface area contributed by atoms with E-state index in [2.05, 4.69) is 0 Å². The van der Waals surface area contributed by atoms with Crippen LogP contribution in [0.25, 0.3) is 0 Å². The molecule has 60 valence electrons. The zero-order valence-electron chi connectivity index (χ0n) is 6.70. The smallest absolute Gasteiger partial charge is 0.150 e. The molecule has 0 saturated carbocycles. The fraction of sp³-hybridized carbons (Fsp3) is 0.857. The normalized spacial score (nSPS) is 16.9. The number of hydrogen-bond donors (Lipinski definition) is 1. The maximum atomic E-state index is 10.3. The lowest BCUT2D eigenvalue weighted by atomic mass is 10.0. The van der Waals surface area contributed by atoms with Crippen LogP contribution in [-0.4, -0.2) is 25.5 Å². The maximum Gasteiger partial charge on any atom is 0.150 e. The molecule has 0 aromatic carbocycles. The molecule has 0 aliphatic rings. The molecule has 1 unspecified atom stereocenters. The molecule has 2 N–H and O–H groups in total. The minimum absolute atomic E-state index is 0.192. The van der Waals surface area contributed by atoms with Crippen molar-refractivity contribution >= 4 is 6.29 Å². The Morgan fingerprint density at radius 1 is 1.50 bits per heavy atom. The standard InChI is InChI=1S/C7H15NO2/c1-5(2)7(8)6(4-9)10-3/h4-7H,8H2,1-3H3/t6?,7-/m0/s1. The Morgan fingerprint density at radius 2 is 2.00 bits per heavy atom. The van der Waals surface area contributed by atoms with E-state index in [9.17, 15) is 4.79 Å². The topological polar surface area (TPSA) is 52.3 Å². The third kappa shape index (κ3) is 2.45. The van der Waals surface area contributed by atoms with Crippen LogP contribution >= 0.6 is 0 Å². The van der Waals surface area contributed by atoms with Crippen LogP contribution in [0, 0.1) is 5.92 Å². The number of rotatable bonds is 4. The predicted octanol–water partition coefficient (Wildman–Crippen LogP) is 0.184. The number of carbonyl (C=O) groups is 1. The van der Waals surface area contributed by atoms with Crippen molar-refractivity contribution in [3.05, 3.63) is 0 Å². The van der Waals surface area contributed by atoms with Gasteiger partial charge in [0.1, 0.15) is 12.4 Å². The molecular weight excluding hydrogens is 130 g/mol. The minimum atomic E-state index is -0.458. The monoisotopic (exact) mass is 145 g/mol.